The van der Waals surface area contributed by atoms with Crippen LogP contribution >= 0.6 is 0 Å². The maximum absolute atomic E-state index is 15.0. The number of hydrogen-bond acceptors (Lipinski definition) is 7. The Bertz CT molecular complexity index is 1220. The third-order valence-corrected chi connectivity index (χ3v) is 5.00. The lowest BCUT2D eigenvalue weighted by Gasteiger charge is -2.28. The van der Waals surface area contributed by atoms with Gasteiger partial charge in [-0.1, -0.05) is 0 Å². The highest BCUT2D eigenvalue weighted by Crippen LogP contribution is 2.33. The molecule has 1 saturated heterocycles. The number of rotatable bonds is 5. The van der Waals surface area contributed by atoms with Crippen LogP contribution in [0.15, 0.2) is 30.5 Å². The number of fused-ring (bicyclic) bond motifs is 1. The molecular formula is C20H20F2N8O. The van der Waals surface area contributed by atoms with Crippen molar-refractivity contribution in [2.75, 3.05) is 36.4 Å². The summed E-state index contributed by atoms with van der Waals surface area (Å²) in [5.41, 5.74) is 0.743. The number of H-pyrrole nitrogens is 2. The van der Waals surface area contributed by atoms with Crippen molar-refractivity contribution < 1.29 is 13.5 Å². The van der Waals surface area contributed by atoms with Crippen molar-refractivity contribution in [3.63, 3.8) is 0 Å². The zero-order chi connectivity index (χ0) is 21.4. The molecule has 11 heteroatoms. The molecule has 4 aromatic rings. The highest BCUT2D eigenvalue weighted by atomic mass is 19.1. The van der Waals surface area contributed by atoms with Crippen LogP contribution in [0.2, 0.25) is 0 Å². The lowest BCUT2D eigenvalue weighted by molar-refractivity contribution is 0.410. The van der Waals surface area contributed by atoms with E-state index < -0.39 is 11.6 Å². The van der Waals surface area contributed by atoms with E-state index in [1.807, 2.05) is 0 Å². The van der Waals surface area contributed by atoms with Crippen LogP contribution in [0.5, 0.6) is 11.8 Å². The predicted octanol–water partition coefficient (Wildman–Crippen LogP) is 3.21. The second kappa shape index (κ2) is 7.84. The van der Waals surface area contributed by atoms with Crippen molar-refractivity contribution in [2.24, 2.45) is 0 Å². The van der Waals surface area contributed by atoms with E-state index in [0.717, 1.165) is 32.2 Å². The lowest BCUT2D eigenvalue weighted by Crippen LogP contribution is -2.43. The van der Waals surface area contributed by atoms with Crippen LogP contribution in [0.25, 0.3) is 10.9 Å². The van der Waals surface area contributed by atoms with E-state index in [1.165, 1.54) is 6.07 Å². The standard InChI is InChI=1S/C20H20F2N8O/c1-11-8-12-18(22)14(9-13(21)19(12)25-11)31-20-27-16(26-15-2-3-24-29-15)10-17(28-20)30-6-4-23-5-7-30/h2-3,8-10,23,25H,4-7H2,1H3,(H2,24,26,27,28,29). The molecule has 0 radical (unpaired) electrons. The van der Waals surface area contributed by atoms with Gasteiger partial charge in [-0.3, -0.25) is 5.10 Å². The summed E-state index contributed by atoms with van der Waals surface area (Å²) in [7, 11) is 0. The SMILES string of the molecule is Cc1cc2c(F)c(Oc3nc(Nc4ccn[nH]4)cc(N4CCNCC4)n3)cc(F)c2[nH]1. The zero-order valence-electron chi connectivity index (χ0n) is 16.7. The number of halogens is 2. The van der Waals surface area contributed by atoms with Crippen molar-refractivity contribution in [1.29, 1.82) is 0 Å². The second-order valence-electron chi connectivity index (χ2n) is 7.24. The highest BCUT2D eigenvalue weighted by molar-refractivity contribution is 5.83. The van der Waals surface area contributed by atoms with Crippen molar-refractivity contribution in [2.45, 2.75) is 6.92 Å². The Labute approximate surface area is 175 Å². The van der Waals surface area contributed by atoms with Crippen molar-refractivity contribution in [3.05, 3.63) is 47.8 Å². The zero-order valence-corrected chi connectivity index (χ0v) is 16.7. The molecule has 5 rings (SSSR count). The number of piperazine rings is 1. The Morgan fingerprint density at radius 3 is 2.74 bits per heavy atom. The number of anilines is 3. The summed E-state index contributed by atoms with van der Waals surface area (Å²) in [5, 5.41) is 13.2. The Morgan fingerprint density at radius 1 is 1.13 bits per heavy atom. The predicted molar refractivity (Wildman–Crippen MR) is 112 cm³/mol. The molecule has 3 aromatic heterocycles. The fourth-order valence-electron chi connectivity index (χ4n) is 3.55. The van der Waals surface area contributed by atoms with Gasteiger partial charge in [0.1, 0.15) is 17.5 Å². The molecule has 0 spiro atoms. The summed E-state index contributed by atoms with van der Waals surface area (Å²) >= 11 is 0. The number of aryl methyl sites for hydroxylation is 1. The summed E-state index contributed by atoms with van der Waals surface area (Å²) < 4.78 is 35.1. The number of nitrogens with zero attached hydrogens (tertiary/aromatic N) is 4. The van der Waals surface area contributed by atoms with Gasteiger partial charge in [-0.25, -0.2) is 8.78 Å². The fraction of sp³-hybridized carbons (Fsp3) is 0.250. The van der Waals surface area contributed by atoms with Crippen LogP contribution in [0.4, 0.5) is 26.2 Å². The molecule has 4 heterocycles. The van der Waals surface area contributed by atoms with E-state index >= 15 is 0 Å². The fourth-order valence-corrected chi connectivity index (χ4v) is 3.55. The maximum Gasteiger partial charge on any atom is 0.326 e. The molecule has 1 aromatic carbocycles. The van der Waals surface area contributed by atoms with Crippen LogP contribution in [0.1, 0.15) is 5.69 Å². The van der Waals surface area contributed by atoms with Gasteiger partial charge in [0.2, 0.25) is 0 Å². The van der Waals surface area contributed by atoms with Crippen molar-refractivity contribution in [3.8, 4) is 11.8 Å². The van der Waals surface area contributed by atoms with Crippen LogP contribution < -0.4 is 20.3 Å². The Balaban J connectivity index is 1.53. The molecule has 31 heavy (non-hydrogen) atoms. The first kappa shape index (κ1) is 19.2. The molecule has 0 bridgehead atoms. The molecule has 0 atom stereocenters. The van der Waals surface area contributed by atoms with E-state index in [-0.39, 0.29) is 22.7 Å². The lowest BCUT2D eigenvalue weighted by atomic mass is 10.2. The van der Waals surface area contributed by atoms with Gasteiger partial charge in [-0.15, -0.1) is 0 Å². The van der Waals surface area contributed by atoms with Crippen LogP contribution in [-0.2, 0) is 0 Å². The van der Waals surface area contributed by atoms with E-state index in [9.17, 15) is 8.78 Å². The number of hydrogen-bond donors (Lipinski definition) is 4. The van der Waals surface area contributed by atoms with Gasteiger partial charge in [-0.05, 0) is 13.0 Å². The second-order valence-corrected chi connectivity index (χ2v) is 7.24. The summed E-state index contributed by atoms with van der Waals surface area (Å²) in [6.07, 6.45) is 1.60. The van der Waals surface area contributed by atoms with Gasteiger partial charge in [0.05, 0.1) is 11.7 Å². The number of benzene rings is 1. The highest BCUT2D eigenvalue weighted by Gasteiger charge is 2.19. The van der Waals surface area contributed by atoms with Gasteiger partial charge in [0.25, 0.3) is 0 Å². The molecule has 0 aliphatic carbocycles. The van der Waals surface area contributed by atoms with E-state index in [2.05, 4.69) is 40.7 Å². The summed E-state index contributed by atoms with van der Waals surface area (Å²) in [4.78, 5) is 13.6. The summed E-state index contributed by atoms with van der Waals surface area (Å²) in [5.74, 6) is 0.0927. The Hall–Kier alpha value is -3.73. The molecule has 1 aliphatic rings. The minimum Gasteiger partial charge on any atom is -0.421 e. The Kier molecular flexibility index (Phi) is 4.86. The molecule has 4 N–H and O–H groups in total. The van der Waals surface area contributed by atoms with Crippen molar-refractivity contribution >= 4 is 28.4 Å². The molecule has 0 saturated carbocycles. The smallest absolute Gasteiger partial charge is 0.326 e. The van der Waals surface area contributed by atoms with Gasteiger partial charge in [0, 0.05) is 55.5 Å². The molecular weight excluding hydrogens is 406 g/mol. The first-order valence-corrected chi connectivity index (χ1v) is 9.83. The molecule has 1 aliphatic heterocycles. The number of aromatic nitrogens is 5. The molecule has 9 nitrogen and oxygen atoms in total. The Morgan fingerprint density at radius 2 is 1.97 bits per heavy atom. The van der Waals surface area contributed by atoms with Gasteiger partial charge in [0.15, 0.2) is 17.4 Å². The normalized spacial score (nSPS) is 14.2. The van der Waals surface area contributed by atoms with Gasteiger partial charge in [-0.2, -0.15) is 15.1 Å². The van der Waals surface area contributed by atoms with Crippen LogP contribution in [0, 0.1) is 18.6 Å². The monoisotopic (exact) mass is 426 g/mol. The molecule has 0 unspecified atom stereocenters. The molecule has 1 fully saturated rings. The first-order chi connectivity index (χ1) is 15.1. The van der Waals surface area contributed by atoms with Gasteiger partial charge < -0.3 is 25.3 Å². The summed E-state index contributed by atoms with van der Waals surface area (Å²) in [6.45, 7) is 4.85. The van der Waals surface area contributed by atoms with E-state index in [4.69, 9.17) is 4.74 Å². The van der Waals surface area contributed by atoms with E-state index in [0.29, 0.717) is 23.1 Å². The molecule has 0 amide bonds. The summed E-state index contributed by atoms with van der Waals surface area (Å²) in [6, 6.07) is 5.95. The average molecular weight is 426 g/mol. The quantitative estimate of drug-likeness (QED) is 0.388. The third-order valence-electron chi connectivity index (χ3n) is 5.00. The van der Waals surface area contributed by atoms with Gasteiger partial charge >= 0.3 is 6.01 Å². The largest absolute Gasteiger partial charge is 0.421 e. The van der Waals surface area contributed by atoms with Crippen molar-refractivity contribution in [1.82, 2.24) is 30.5 Å². The first-order valence-electron chi connectivity index (χ1n) is 9.83. The third kappa shape index (κ3) is 3.87. The number of nitrogens with one attached hydrogen (secondary N) is 4. The molecule has 160 valence electrons. The number of aromatic amines is 2. The topological polar surface area (TPSA) is 107 Å². The van der Waals surface area contributed by atoms with Crippen LogP contribution in [0.3, 0.4) is 0 Å². The van der Waals surface area contributed by atoms with Crippen LogP contribution in [-0.4, -0.2) is 51.3 Å². The minimum atomic E-state index is -0.681. The maximum atomic E-state index is 15.0. The van der Waals surface area contributed by atoms with E-state index in [1.54, 1.807) is 25.3 Å². The average Bonchev–Trinajstić information content (AvgIpc) is 3.42. The minimum absolute atomic E-state index is 0.0945. The number of ether oxygens (including phenoxy) is 1.